The zero-order valence-electron chi connectivity index (χ0n) is 47.4. The van der Waals surface area contributed by atoms with E-state index in [4.69, 9.17) is 51.6 Å². The van der Waals surface area contributed by atoms with Crippen LogP contribution < -0.4 is 0 Å². The van der Waals surface area contributed by atoms with Crippen LogP contribution >= 0.6 is 0 Å². The Kier molecular flexibility index (Phi) is 19.6. The van der Waals surface area contributed by atoms with Crippen molar-refractivity contribution in [2.24, 2.45) is 40.4 Å². The van der Waals surface area contributed by atoms with Crippen LogP contribution in [0.1, 0.15) is 107 Å². The molecule has 8 fully saturated rings. The smallest absolute Gasteiger partial charge is 0.389 e. The fourth-order valence-electron chi connectivity index (χ4n) is 15.1. The van der Waals surface area contributed by atoms with E-state index in [-0.39, 0.29) is 48.7 Å². The van der Waals surface area contributed by atoms with E-state index in [0.29, 0.717) is 25.7 Å². The van der Waals surface area contributed by atoms with Crippen molar-refractivity contribution >= 4 is 16.2 Å². The maximum atomic E-state index is 13.1. The highest BCUT2D eigenvalue weighted by molar-refractivity contribution is 7.80. The molecule has 472 valence electrons. The second kappa shape index (κ2) is 24.8. The number of rotatable bonds is 16. The number of fused-ring (bicyclic) bond motifs is 5. The molecule has 4 aliphatic carbocycles. The highest BCUT2D eigenvalue weighted by atomic mass is 32.3. The Morgan fingerprint density at radius 2 is 1.16 bits per heavy atom. The first-order valence-electron chi connectivity index (χ1n) is 28.8. The molecule has 27 nitrogen and oxygen atoms in total. The molecule has 0 aromatic carbocycles. The summed E-state index contributed by atoms with van der Waals surface area (Å²) in [6.45, 7) is 12.7. The first kappa shape index (κ1) is 64.9. The van der Waals surface area contributed by atoms with Crippen molar-refractivity contribution in [3.63, 3.8) is 0 Å². The summed E-state index contributed by atoms with van der Waals surface area (Å²) in [5.74, 6) is -1.15. The summed E-state index contributed by atoms with van der Waals surface area (Å²) in [6, 6.07) is 0. The average Bonchev–Trinajstić information content (AvgIpc) is 2.44. The third-order valence-corrected chi connectivity index (χ3v) is 20.4. The molecular weight excluding hydrogens is 1110 g/mol. The quantitative estimate of drug-likeness (QED) is 0.0565. The van der Waals surface area contributed by atoms with Crippen LogP contribution in [0.25, 0.3) is 0 Å². The molecule has 9 aliphatic rings. The lowest BCUT2D eigenvalue weighted by molar-refractivity contribution is -0.394. The number of aliphatic hydroxyl groups excluding tert-OH is 11. The highest BCUT2D eigenvalue weighted by Crippen LogP contribution is 2.67. The maximum Gasteiger partial charge on any atom is 0.397 e. The summed E-state index contributed by atoms with van der Waals surface area (Å²) in [4.78, 5) is 13.1. The minimum atomic E-state index is -4.87. The number of hydrogen-bond donors (Lipinski definition) is 13. The van der Waals surface area contributed by atoms with Crippen molar-refractivity contribution < 1.29 is 131 Å². The largest absolute Gasteiger partial charge is 0.397 e. The van der Waals surface area contributed by atoms with Gasteiger partial charge in [-0.25, -0.2) is 4.18 Å². The Morgan fingerprint density at radius 3 is 1.74 bits per heavy atom. The SMILES string of the molecule is CC(C)C(=O)CC(C)(O)[C@H]1CCC2C3C[C@H](OC4OC(C)C(O)C(OC5OCC(OC6OCC(O)C(O)C6OC6OC(C)C(O)C(O)C6O)C(O)C5OC5OC(C)C(O)C(O)C5O)C4O)C4C[C@@H](OS(=O)(=O)O)CC[C@]4(C)C3=CC[C@@]21C. The monoisotopic (exact) mass is 1200 g/mol. The summed E-state index contributed by atoms with van der Waals surface area (Å²) in [7, 11) is -4.87. The van der Waals surface area contributed by atoms with Crippen molar-refractivity contribution in [1.29, 1.82) is 0 Å². The number of hydrogen-bond acceptors (Lipinski definition) is 26. The summed E-state index contributed by atoms with van der Waals surface area (Å²) >= 11 is 0. The van der Waals surface area contributed by atoms with E-state index in [9.17, 15) is 79.0 Å². The minimum Gasteiger partial charge on any atom is -0.389 e. The van der Waals surface area contributed by atoms with Gasteiger partial charge in [-0.1, -0.05) is 39.3 Å². The second-order valence-electron chi connectivity index (χ2n) is 25.7. The molecule has 0 amide bonds. The Bertz CT molecular complexity index is 2350. The number of ketones is 1. The van der Waals surface area contributed by atoms with Crippen molar-refractivity contribution in [3.8, 4) is 0 Å². The van der Waals surface area contributed by atoms with Crippen molar-refractivity contribution in [2.75, 3.05) is 13.2 Å². The Balaban J connectivity index is 0.975. The number of ether oxygens (including phenoxy) is 10. The molecule has 0 aromatic heterocycles. The standard InChI is InChI=1S/C54H88O27S/c1-20(2)29(55)17-54(8,67)33-10-9-26-25-16-31(28-15-24(81-82(68,69)70)11-13-52(28,6)27(25)12-14-53(26,33)7)76-49-43(66)44(36(59)23(5)75-49)78-51-46(80-48-42(65)40(63)35(58)22(4)74-48)38(61)32(19-72-51)77-50-45(37(60)30(56)18-71-50)79-47-41(64)39(62)34(57)21(3)73-47/h12,20-26,28,30-51,56-67H,9-11,13-19H2,1-8H3,(H,68,69,70)/t21?,22?,23?,24-,25?,26?,28?,30?,31-,32?,33-,34?,35?,36?,37?,38?,39?,40?,41?,42?,43?,44?,45?,46?,47?,48?,49?,50?,51?,52+,53-,54?/m0/s1. The summed E-state index contributed by atoms with van der Waals surface area (Å²) < 4.78 is 100. The fourth-order valence-corrected chi connectivity index (χ4v) is 15.6. The van der Waals surface area contributed by atoms with Gasteiger partial charge in [0.15, 0.2) is 31.5 Å². The van der Waals surface area contributed by atoms with Crippen LogP contribution in [-0.4, -0.2) is 252 Å². The van der Waals surface area contributed by atoms with Crippen LogP contribution in [0.15, 0.2) is 11.6 Å². The van der Waals surface area contributed by atoms with Gasteiger partial charge in [-0.3, -0.25) is 9.35 Å². The Hall–Kier alpha value is -1.60. The van der Waals surface area contributed by atoms with Gasteiger partial charge in [0, 0.05) is 12.3 Å². The second-order valence-corrected chi connectivity index (χ2v) is 26.8. The molecule has 82 heavy (non-hydrogen) atoms. The molecule has 3 saturated carbocycles. The van der Waals surface area contributed by atoms with Crippen LogP contribution in [0, 0.1) is 40.4 Å². The van der Waals surface area contributed by atoms with Crippen LogP contribution in [0.3, 0.4) is 0 Å². The summed E-state index contributed by atoms with van der Waals surface area (Å²) in [6.07, 6.45) is -34.2. The molecule has 28 heteroatoms. The van der Waals surface area contributed by atoms with Gasteiger partial charge in [0.1, 0.15) is 97.3 Å². The predicted octanol–water partition coefficient (Wildman–Crippen LogP) is -2.43. The molecule has 27 unspecified atom stereocenters. The lowest BCUT2D eigenvalue weighted by Crippen LogP contribution is -2.66. The highest BCUT2D eigenvalue weighted by Gasteiger charge is 2.64. The number of carbonyl (C=O) groups is 1. The molecule has 32 atom stereocenters. The number of carbonyl (C=O) groups excluding carboxylic acids is 1. The minimum absolute atomic E-state index is 0.00369. The van der Waals surface area contributed by atoms with Gasteiger partial charge in [-0.2, -0.15) is 8.42 Å². The first-order valence-corrected chi connectivity index (χ1v) is 30.2. The van der Waals surface area contributed by atoms with Gasteiger partial charge in [-0.15, -0.1) is 0 Å². The normalized spacial score (nSPS) is 51.8. The number of allylic oxidation sites excluding steroid dienone is 2. The first-order chi connectivity index (χ1) is 38.3. The van der Waals surface area contributed by atoms with Gasteiger partial charge in [0.25, 0.3) is 0 Å². The number of aliphatic hydroxyl groups is 12. The molecule has 0 aromatic rings. The van der Waals surface area contributed by atoms with Crippen LogP contribution in [0.5, 0.6) is 0 Å². The average molecular weight is 1200 g/mol. The molecule has 0 radical (unpaired) electrons. The topological polar surface area (TPSA) is 416 Å². The predicted molar refractivity (Wildman–Crippen MR) is 275 cm³/mol. The maximum absolute atomic E-state index is 13.1. The van der Waals surface area contributed by atoms with Gasteiger partial charge in [0.2, 0.25) is 0 Å². The van der Waals surface area contributed by atoms with Crippen molar-refractivity contribution in [1.82, 2.24) is 0 Å². The third kappa shape index (κ3) is 12.6. The molecular formula is C54H88O27S. The third-order valence-electron chi connectivity index (χ3n) is 19.9. The van der Waals surface area contributed by atoms with E-state index in [1.807, 2.05) is 13.8 Å². The molecule has 0 spiro atoms. The van der Waals surface area contributed by atoms with Crippen LogP contribution in [0.4, 0.5) is 0 Å². The van der Waals surface area contributed by atoms with Gasteiger partial charge >= 0.3 is 10.4 Å². The van der Waals surface area contributed by atoms with E-state index in [1.54, 1.807) is 6.92 Å². The molecule has 9 rings (SSSR count). The molecule has 0 bridgehead atoms. The van der Waals surface area contributed by atoms with E-state index in [0.717, 1.165) is 12.0 Å². The van der Waals surface area contributed by atoms with Gasteiger partial charge in [0.05, 0.1) is 49.3 Å². The van der Waals surface area contributed by atoms with Gasteiger partial charge < -0.3 is 109 Å². The van der Waals surface area contributed by atoms with Gasteiger partial charge in [-0.05, 0) is 107 Å². The Morgan fingerprint density at radius 1 is 0.634 bits per heavy atom. The molecule has 5 saturated heterocycles. The summed E-state index contributed by atoms with van der Waals surface area (Å²) in [5, 5.41) is 134. The van der Waals surface area contributed by atoms with E-state index >= 15 is 0 Å². The zero-order valence-corrected chi connectivity index (χ0v) is 48.2. The molecule has 5 heterocycles. The molecule has 5 aliphatic heterocycles. The zero-order chi connectivity index (χ0) is 60.0. The fraction of sp³-hybridized carbons (Fsp3) is 0.944. The van der Waals surface area contributed by atoms with E-state index < -0.39 is 199 Å². The van der Waals surface area contributed by atoms with E-state index in [2.05, 4.69) is 19.9 Å². The number of Topliss-reactive ketones (excluding diaryl/α,β-unsaturated/α-hetero) is 1. The molecule has 13 N–H and O–H groups in total. The lowest BCUT2D eigenvalue weighted by Gasteiger charge is -2.60. The summed E-state index contributed by atoms with van der Waals surface area (Å²) in [5.41, 5.74) is -1.22. The van der Waals surface area contributed by atoms with E-state index in [1.165, 1.54) is 20.8 Å². The van der Waals surface area contributed by atoms with Crippen molar-refractivity contribution in [2.45, 2.75) is 266 Å². The van der Waals surface area contributed by atoms with Crippen molar-refractivity contribution in [3.05, 3.63) is 11.6 Å². The Labute approximate surface area is 476 Å². The van der Waals surface area contributed by atoms with Crippen LogP contribution in [0.2, 0.25) is 0 Å². The lowest BCUT2D eigenvalue weighted by atomic mass is 9.47. The van der Waals surface area contributed by atoms with Crippen LogP contribution in [-0.2, 0) is 66.7 Å².